The Morgan fingerprint density at radius 2 is 2.15 bits per heavy atom. The van der Waals surface area contributed by atoms with Crippen LogP contribution in [0.1, 0.15) is 27.2 Å². The summed E-state index contributed by atoms with van der Waals surface area (Å²) in [4.78, 5) is 12.4. The fourth-order valence-electron chi connectivity index (χ4n) is 2.16. The van der Waals surface area contributed by atoms with Crippen LogP contribution in [-0.2, 0) is 4.79 Å². The molecule has 0 radical (unpaired) electrons. The Balaban J connectivity index is 2.12. The Morgan fingerprint density at radius 1 is 1.40 bits per heavy atom. The van der Waals surface area contributed by atoms with Gasteiger partial charge in [0.1, 0.15) is 0 Å². The molecule has 3 N–H and O–H groups in total. The molecule has 1 heterocycles. The van der Waals surface area contributed by atoms with Gasteiger partial charge in [0.05, 0.1) is 0 Å². The van der Waals surface area contributed by atoms with E-state index in [2.05, 4.69) is 34.0 Å². The van der Waals surface area contributed by atoms with Gasteiger partial charge in [-0.25, -0.2) is 0 Å². The van der Waals surface area contributed by atoms with Crippen LogP contribution in [0.25, 0.3) is 0 Å². The molecule has 1 unspecified atom stereocenters. The standard InChI is InChI=1S/C14H20N4OSe/c1-14(2,3)7-9(8-15)13(19)16-10-5-4-6-11-12(10)18-20-17-11/h4-6,9H,7-8,15H2,1-3H3,(H,16,19). The van der Waals surface area contributed by atoms with Gasteiger partial charge in [0, 0.05) is 0 Å². The summed E-state index contributed by atoms with van der Waals surface area (Å²) in [6.45, 7) is 6.68. The molecule has 1 atom stereocenters. The number of anilines is 1. The van der Waals surface area contributed by atoms with Crippen LogP contribution < -0.4 is 11.1 Å². The van der Waals surface area contributed by atoms with Crippen molar-refractivity contribution in [2.24, 2.45) is 25.0 Å². The third-order valence-corrected chi connectivity index (χ3v) is 4.20. The third-order valence-electron chi connectivity index (χ3n) is 3.06. The first kappa shape index (κ1) is 15.2. The molecule has 0 aliphatic carbocycles. The topological polar surface area (TPSA) is 79.8 Å². The van der Waals surface area contributed by atoms with Gasteiger partial charge in [-0.2, -0.15) is 0 Å². The molecule has 108 valence electrons. The average molecular weight is 339 g/mol. The van der Waals surface area contributed by atoms with Crippen LogP contribution in [0.15, 0.2) is 26.1 Å². The fraction of sp³-hybridized carbons (Fsp3) is 0.500. The van der Waals surface area contributed by atoms with Crippen LogP contribution in [0.2, 0.25) is 0 Å². The van der Waals surface area contributed by atoms with Crippen LogP contribution in [0.4, 0.5) is 17.1 Å². The summed E-state index contributed by atoms with van der Waals surface area (Å²) in [5.74, 6) is -0.222. The summed E-state index contributed by atoms with van der Waals surface area (Å²) in [6, 6.07) is 5.66. The first-order valence-corrected chi connectivity index (χ1v) is 8.16. The van der Waals surface area contributed by atoms with Gasteiger partial charge in [-0.3, -0.25) is 0 Å². The number of carbonyl (C=O) groups is 1. The van der Waals surface area contributed by atoms with E-state index in [1.54, 1.807) is 0 Å². The molecule has 20 heavy (non-hydrogen) atoms. The number of nitrogens with zero attached hydrogens (tertiary/aromatic N) is 2. The van der Waals surface area contributed by atoms with E-state index in [0.717, 1.165) is 23.5 Å². The minimum atomic E-state index is -0.185. The zero-order chi connectivity index (χ0) is 14.8. The second-order valence-electron chi connectivity index (χ2n) is 6.12. The van der Waals surface area contributed by atoms with Gasteiger partial charge in [0.2, 0.25) is 0 Å². The van der Waals surface area contributed by atoms with Crippen LogP contribution >= 0.6 is 0 Å². The molecule has 0 aromatic heterocycles. The Labute approximate surface area is 125 Å². The summed E-state index contributed by atoms with van der Waals surface area (Å²) in [5, 5.41) is 2.95. The molecule has 1 amide bonds. The molecular formula is C14H20N4OSe. The molecule has 0 saturated carbocycles. The molecule has 0 spiro atoms. The van der Waals surface area contributed by atoms with Crippen molar-refractivity contribution < 1.29 is 4.79 Å². The van der Waals surface area contributed by atoms with E-state index in [-0.39, 0.29) is 31.8 Å². The molecular weight excluding hydrogens is 319 g/mol. The van der Waals surface area contributed by atoms with Gasteiger partial charge in [-0.15, -0.1) is 0 Å². The van der Waals surface area contributed by atoms with Gasteiger partial charge in [-0.05, 0) is 0 Å². The molecule has 0 bridgehead atoms. The number of hydrogen-bond acceptors (Lipinski definition) is 4. The number of nitrogens with one attached hydrogen (secondary N) is 1. The van der Waals surface area contributed by atoms with Crippen LogP contribution in [0, 0.1) is 11.3 Å². The van der Waals surface area contributed by atoms with Gasteiger partial charge in [-0.1, -0.05) is 0 Å². The van der Waals surface area contributed by atoms with E-state index < -0.39 is 0 Å². The summed E-state index contributed by atoms with van der Waals surface area (Å²) in [7, 11) is 0. The molecule has 1 aliphatic rings. The van der Waals surface area contributed by atoms with E-state index >= 15 is 0 Å². The molecule has 0 fully saturated rings. The van der Waals surface area contributed by atoms with Crippen molar-refractivity contribution in [2.45, 2.75) is 27.2 Å². The first-order valence-electron chi connectivity index (χ1n) is 6.63. The predicted molar refractivity (Wildman–Crippen MR) is 81.6 cm³/mol. The van der Waals surface area contributed by atoms with Crippen molar-refractivity contribution in [1.82, 2.24) is 0 Å². The molecule has 1 aromatic rings. The van der Waals surface area contributed by atoms with Crippen LogP contribution in [0.3, 0.4) is 0 Å². The number of rotatable bonds is 4. The number of amides is 1. The second kappa shape index (κ2) is 6.04. The monoisotopic (exact) mass is 340 g/mol. The number of hydrogen-bond donors (Lipinski definition) is 2. The maximum absolute atomic E-state index is 12.4. The molecule has 0 saturated heterocycles. The Morgan fingerprint density at radius 3 is 2.80 bits per heavy atom. The van der Waals surface area contributed by atoms with Crippen molar-refractivity contribution in [3.8, 4) is 0 Å². The zero-order valence-electron chi connectivity index (χ0n) is 12.0. The summed E-state index contributed by atoms with van der Waals surface area (Å²) < 4.78 is 8.67. The molecule has 6 heteroatoms. The third kappa shape index (κ3) is 3.66. The average Bonchev–Trinajstić information content (AvgIpc) is 2.84. The van der Waals surface area contributed by atoms with Crippen molar-refractivity contribution in [1.29, 1.82) is 0 Å². The van der Waals surface area contributed by atoms with E-state index in [9.17, 15) is 4.79 Å². The van der Waals surface area contributed by atoms with Gasteiger partial charge < -0.3 is 0 Å². The number of nitrogens with two attached hydrogens (primary N) is 1. The molecule has 5 nitrogen and oxygen atoms in total. The van der Waals surface area contributed by atoms with E-state index in [1.165, 1.54) is 0 Å². The molecule has 2 rings (SSSR count). The van der Waals surface area contributed by atoms with E-state index in [0.29, 0.717) is 6.54 Å². The second-order valence-corrected chi connectivity index (χ2v) is 7.23. The minimum absolute atomic E-state index is 0.0366. The van der Waals surface area contributed by atoms with Gasteiger partial charge in [0.25, 0.3) is 0 Å². The van der Waals surface area contributed by atoms with Crippen LogP contribution in [-0.4, -0.2) is 27.0 Å². The van der Waals surface area contributed by atoms with E-state index in [1.807, 2.05) is 18.2 Å². The van der Waals surface area contributed by atoms with E-state index in [4.69, 9.17) is 5.73 Å². The van der Waals surface area contributed by atoms with Crippen molar-refractivity contribution in [3.05, 3.63) is 18.2 Å². The summed E-state index contributed by atoms with van der Waals surface area (Å²) in [6.07, 6.45) is 0.760. The Hall–Kier alpha value is -1.23. The van der Waals surface area contributed by atoms with Crippen LogP contribution in [0.5, 0.6) is 0 Å². The maximum atomic E-state index is 12.4. The number of carbonyl (C=O) groups excluding carboxylic acids is 1. The quantitative estimate of drug-likeness (QED) is 0.840. The number of fused-ring (bicyclic) bond motifs is 1. The van der Waals surface area contributed by atoms with Gasteiger partial charge >= 0.3 is 125 Å². The summed E-state index contributed by atoms with van der Waals surface area (Å²) in [5.41, 5.74) is 8.22. The van der Waals surface area contributed by atoms with Gasteiger partial charge in [0.15, 0.2) is 0 Å². The molecule has 1 aliphatic heterocycles. The number of benzene rings is 1. The van der Waals surface area contributed by atoms with Crippen molar-refractivity contribution in [2.75, 3.05) is 11.9 Å². The zero-order valence-corrected chi connectivity index (χ0v) is 13.7. The van der Waals surface area contributed by atoms with Crippen molar-refractivity contribution in [3.63, 3.8) is 0 Å². The SMILES string of the molecule is CC(C)(C)CC(CN)C(=O)Nc1cccc2c1N=[Se]=N2. The Bertz CT molecular complexity index is 585. The predicted octanol–water partition coefficient (Wildman–Crippen LogP) is 2.98. The first-order chi connectivity index (χ1) is 9.40. The fourth-order valence-corrected chi connectivity index (χ4v) is 3.32. The Kier molecular flexibility index (Phi) is 4.58. The normalized spacial score (nSPS) is 14.6. The van der Waals surface area contributed by atoms with Crippen molar-refractivity contribution >= 4 is 37.5 Å². The summed E-state index contributed by atoms with van der Waals surface area (Å²) >= 11 is -0.0954. The molecule has 1 aromatic carbocycles.